The second-order valence-electron chi connectivity index (χ2n) is 5.84. The van der Waals surface area contributed by atoms with Crippen LogP contribution >= 0.6 is 0 Å². The topological polar surface area (TPSA) is 83.7 Å². The van der Waals surface area contributed by atoms with E-state index in [9.17, 15) is 14.7 Å². The summed E-state index contributed by atoms with van der Waals surface area (Å²) >= 11 is 0. The normalized spacial score (nSPS) is 19.8. The second kappa shape index (κ2) is 5.28. The molecular weight excluding hydrogens is 306 g/mol. The fourth-order valence-corrected chi connectivity index (χ4v) is 3.20. The van der Waals surface area contributed by atoms with Gasteiger partial charge in [0.1, 0.15) is 11.8 Å². The maximum atomic E-state index is 12.6. The molecule has 6 heteroatoms. The Hall–Kier alpha value is -2.99. The molecule has 1 aliphatic rings. The van der Waals surface area contributed by atoms with E-state index in [4.69, 9.17) is 0 Å². The summed E-state index contributed by atoms with van der Waals surface area (Å²) in [6.45, 7) is 1.75. The number of aldehydes is 1. The van der Waals surface area contributed by atoms with Crippen LogP contribution in [0.25, 0.3) is 5.65 Å². The van der Waals surface area contributed by atoms with Crippen molar-refractivity contribution in [1.29, 1.82) is 0 Å². The van der Waals surface area contributed by atoms with Crippen LogP contribution < -0.4 is 5.32 Å². The predicted molar refractivity (Wildman–Crippen MR) is 88.5 cm³/mol. The highest BCUT2D eigenvalue weighted by atomic mass is 16.3. The molecule has 0 fully saturated rings. The molecule has 4 rings (SSSR count). The van der Waals surface area contributed by atoms with Crippen LogP contribution in [0.4, 0.5) is 5.69 Å². The van der Waals surface area contributed by atoms with Gasteiger partial charge in [-0.3, -0.25) is 14.0 Å². The van der Waals surface area contributed by atoms with Crippen LogP contribution in [0.15, 0.2) is 42.6 Å². The van der Waals surface area contributed by atoms with E-state index in [0.717, 1.165) is 11.8 Å². The lowest BCUT2D eigenvalue weighted by Gasteiger charge is -2.31. The number of imidazole rings is 1. The number of aliphatic hydroxyl groups is 1. The average molecular weight is 321 g/mol. The van der Waals surface area contributed by atoms with Crippen LogP contribution in [0.5, 0.6) is 0 Å². The van der Waals surface area contributed by atoms with E-state index in [1.807, 2.05) is 30.3 Å². The molecule has 0 saturated heterocycles. The summed E-state index contributed by atoms with van der Waals surface area (Å²) in [4.78, 5) is 28.3. The van der Waals surface area contributed by atoms with E-state index < -0.39 is 12.1 Å². The lowest BCUT2D eigenvalue weighted by atomic mass is 9.90. The standard InChI is InChI=1S/C18H15N3O3/c1-10-13(9-22)21-8-7-12-15(18(21)19-10)20-14(17(24)16(12)23)11-5-3-2-4-6-11/h2-9,14,17,20,24H,1H3. The van der Waals surface area contributed by atoms with Gasteiger partial charge in [0, 0.05) is 11.8 Å². The molecule has 0 saturated carbocycles. The zero-order chi connectivity index (χ0) is 16.8. The zero-order valence-corrected chi connectivity index (χ0v) is 12.9. The van der Waals surface area contributed by atoms with Gasteiger partial charge in [0.2, 0.25) is 0 Å². The number of carbonyl (C=O) groups is 2. The second-order valence-corrected chi connectivity index (χ2v) is 5.84. The third-order valence-electron chi connectivity index (χ3n) is 4.44. The maximum Gasteiger partial charge on any atom is 0.196 e. The smallest absolute Gasteiger partial charge is 0.196 e. The quantitative estimate of drug-likeness (QED) is 0.707. The van der Waals surface area contributed by atoms with E-state index in [2.05, 4.69) is 10.3 Å². The Morgan fingerprint density at radius 2 is 2.00 bits per heavy atom. The van der Waals surface area contributed by atoms with Crippen molar-refractivity contribution in [3.8, 4) is 0 Å². The molecule has 0 aliphatic carbocycles. The minimum atomic E-state index is -1.18. The molecule has 120 valence electrons. The molecule has 24 heavy (non-hydrogen) atoms. The van der Waals surface area contributed by atoms with Crippen LogP contribution in [-0.4, -0.2) is 32.7 Å². The Morgan fingerprint density at radius 3 is 2.71 bits per heavy atom. The highest BCUT2D eigenvalue weighted by Gasteiger charge is 2.36. The van der Waals surface area contributed by atoms with Crippen LogP contribution in [-0.2, 0) is 0 Å². The van der Waals surface area contributed by atoms with Gasteiger partial charge in [-0.2, -0.15) is 0 Å². The molecule has 1 aliphatic heterocycles. The first kappa shape index (κ1) is 14.6. The number of nitrogens with one attached hydrogen (secondary N) is 1. The number of fused-ring (bicyclic) bond motifs is 3. The SMILES string of the molecule is Cc1nc2c3c(ccn2c1C=O)C(=O)C(O)C(c1ccccc1)N3. The minimum absolute atomic E-state index is 0.353. The van der Waals surface area contributed by atoms with Gasteiger partial charge in [0.05, 0.1) is 17.4 Å². The third kappa shape index (κ3) is 1.97. The highest BCUT2D eigenvalue weighted by molar-refractivity contribution is 6.09. The van der Waals surface area contributed by atoms with Crippen LogP contribution in [0, 0.1) is 6.92 Å². The van der Waals surface area contributed by atoms with E-state index in [1.165, 1.54) is 0 Å². The van der Waals surface area contributed by atoms with Crippen LogP contribution in [0.1, 0.15) is 38.1 Å². The summed E-state index contributed by atoms with van der Waals surface area (Å²) in [7, 11) is 0. The Morgan fingerprint density at radius 1 is 1.25 bits per heavy atom. The average Bonchev–Trinajstić information content (AvgIpc) is 2.94. The van der Waals surface area contributed by atoms with Crippen molar-refractivity contribution in [3.05, 3.63) is 65.1 Å². The van der Waals surface area contributed by atoms with Crippen LogP contribution in [0.3, 0.4) is 0 Å². The van der Waals surface area contributed by atoms with Gasteiger partial charge in [0.25, 0.3) is 0 Å². The molecule has 0 radical (unpaired) electrons. The van der Waals surface area contributed by atoms with E-state index >= 15 is 0 Å². The summed E-state index contributed by atoms with van der Waals surface area (Å²) in [5.41, 5.74) is 3.28. The number of hydrogen-bond donors (Lipinski definition) is 2. The number of aromatic nitrogens is 2. The molecule has 3 aromatic rings. The van der Waals surface area contributed by atoms with Gasteiger partial charge >= 0.3 is 0 Å². The summed E-state index contributed by atoms with van der Waals surface area (Å²) in [6, 6.07) is 10.3. The molecule has 1 aromatic carbocycles. The molecule has 0 amide bonds. The summed E-state index contributed by atoms with van der Waals surface area (Å²) in [5.74, 6) is -0.353. The number of ketones is 1. The highest BCUT2D eigenvalue weighted by Crippen LogP contribution is 2.35. The van der Waals surface area contributed by atoms with E-state index in [0.29, 0.717) is 28.3 Å². The fraction of sp³-hybridized carbons (Fsp3) is 0.167. The number of aliphatic hydroxyl groups excluding tert-OH is 1. The molecule has 0 spiro atoms. The Bertz CT molecular complexity index is 963. The van der Waals surface area contributed by atoms with Gasteiger partial charge in [0.15, 0.2) is 17.7 Å². The number of anilines is 1. The molecule has 2 atom stereocenters. The number of pyridine rings is 1. The van der Waals surface area contributed by atoms with Crippen molar-refractivity contribution in [1.82, 2.24) is 9.38 Å². The molecule has 3 heterocycles. The molecule has 0 bridgehead atoms. The first-order chi connectivity index (χ1) is 11.6. The van der Waals surface area contributed by atoms with E-state index in [-0.39, 0.29) is 5.78 Å². The summed E-state index contributed by atoms with van der Waals surface area (Å²) in [6.07, 6.45) is 1.20. The Balaban J connectivity index is 1.93. The van der Waals surface area contributed by atoms with Crippen molar-refractivity contribution in [2.45, 2.75) is 19.1 Å². The number of carbonyl (C=O) groups excluding carboxylic acids is 2. The van der Waals surface area contributed by atoms with Crippen molar-refractivity contribution < 1.29 is 14.7 Å². The summed E-state index contributed by atoms with van der Waals surface area (Å²) in [5, 5.41) is 13.7. The largest absolute Gasteiger partial charge is 0.382 e. The number of nitrogens with zero attached hydrogens (tertiary/aromatic N) is 2. The molecule has 2 unspecified atom stereocenters. The van der Waals surface area contributed by atoms with Crippen molar-refractivity contribution in [2.75, 3.05) is 5.32 Å². The molecular formula is C18H15N3O3. The monoisotopic (exact) mass is 321 g/mol. The van der Waals surface area contributed by atoms with E-state index in [1.54, 1.807) is 23.6 Å². The molecule has 6 nitrogen and oxygen atoms in total. The Labute approximate surface area is 137 Å². The summed E-state index contributed by atoms with van der Waals surface area (Å²) < 4.78 is 1.65. The number of benzene rings is 1. The minimum Gasteiger partial charge on any atom is -0.382 e. The lowest BCUT2D eigenvalue weighted by Crippen LogP contribution is -2.38. The molecule has 2 N–H and O–H groups in total. The van der Waals surface area contributed by atoms with Crippen LogP contribution in [0.2, 0.25) is 0 Å². The third-order valence-corrected chi connectivity index (χ3v) is 4.44. The maximum absolute atomic E-state index is 12.6. The van der Waals surface area contributed by atoms with Gasteiger partial charge < -0.3 is 10.4 Å². The van der Waals surface area contributed by atoms with Crippen molar-refractivity contribution in [3.63, 3.8) is 0 Å². The number of hydrogen-bond acceptors (Lipinski definition) is 5. The first-order valence-electron chi connectivity index (χ1n) is 7.62. The fourth-order valence-electron chi connectivity index (χ4n) is 3.20. The number of Topliss-reactive ketones (excluding diaryl/α,β-unsaturated/α-hetero) is 1. The first-order valence-corrected chi connectivity index (χ1v) is 7.62. The number of rotatable bonds is 2. The van der Waals surface area contributed by atoms with Crippen molar-refractivity contribution in [2.24, 2.45) is 0 Å². The van der Waals surface area contributed by atoms with Gasteiger partial charge in [-0.1, -0.05) is 30.3 Å². The number of aryl methyl sites for hydroxylation is 1. The predicted octanol–water partition coefficient (Wildman–Crippen LogP) is 2.17. The van der Waals surface area contributed by atoms with Crippen molar-refractivity contribution >= 4 is 23.4 Å². The zero-order valence-electron chi connectivity index (χ0n) is 12.9. The van der Waals surface area contributed by atoms with Gasteiger partial charge in [-0.05, 0) is 18.6 Å². The molecule has 2 aromatic heterocycles. The van der Waals surface area contributed by atoms with Gasteiger partial charge in [-0.25, -0.2) is 4.98 Å². The lowest BCUT2D eigenvalue weighted by molar-refractivity contribution is 0.0695. The van der Waals surface area contributed by atoms with Gasteiger partial charge in [-0.15, -0.1) is 0 Å². The Kier molecular flexibility index (Phi) is 3.21.